The molecule has 0 radical (unpaired) electrons. The second kappa shape index (κ2) is 5.34. The van der Waals surface area contributed by atoms with Gasteiger partial charge in [-0.2, -0.15) is 13.2 Å². The highest BCUT2D eigenvalue weighted by Gasteiger charge is 2.34. The van der Waals surface area contributed by atoms with Gasteiger partial charge < -0.3 is 10.4 Å². The van der Waals surface area contributed by atoms with Crippen molar-refractivity contribution in [3.8, 4) is 0 Å². The van der Waals surface area contributed by atoms with Gasteiger partial charge in [0, 0.05) is 6.42 Å². The number of likely N-dealkylation sites (N-methyl/N-ethyl adjacent to an activating group) is 1. The molecule has 0 saturated heterocycles. The van der Waals surface area contributed by atoms with Gasteiger partial charge in [-0.05, 0) is 26.3 Å². The number of hydrogen-bond donors (Lipinski definition) is 2. The molecule has 0 aliphatic rings. The average molecular weight is 227 g/mol. The van der Waals surface area contributed by atoms with Crippen LogP contribution >= 0.6 is 0 Å². The van der Waals surface area contributed by atoms with Crippen molar-refractivity contribution in [3.63, 3.8) is 0 Å². The maximum absolute atomic E-state index is 11.8. The molecule has 0 bridgehead atoms. The Morgan fingerprint density at radius 2 is 1.87 bits per heavy atom. The largest absolute Gasteiger partial charge is 0.480 e. The van der Waals surface area contributed by atoms with Crippen molar-refractivity contribution in [1.29, 1.82) is 0 Å². The number of halogens is 3. The minimum absolute atomic E-state index is 0.0321. The van der Waals surface area contributed by atoms with E-state index in [1.807, 2.05) is 0 Å². The van der Waals surface area contributed by atoms with Gasteiger partial charge in [-0.15, -0.1) is 0 Å². The van der Waals surface area contributed by atoms with Crippen molar-refractivity contribution in [2.75, 3.05) is 6.54 Å². The van der Waals surface area contributed by atoms with E-state index in [4.69, 9.17) is 5.11 Å². The lowest BCUT2D eigenvalue weighted by Crippen LogP contribution is -2.49. The van der Waals surface area contributed by atoms with Gasteiger partial charge in [0.15, 0.2) is 0 Å². The molecule has 0 heterocycles. The molecule has 3 nitrogen and oxygen atoms in total. The van der Waals surface area contributed by atoms with E-state index in [-0.39, 0.29) is 12.8 Å². The van der Waals surface area contributed by atoms with Crippen molar-refractivity contribution in [2.45, 2.75) is 44.8 Å². The summed E-state index contributed by atoms with van der Waals surface area (Å²) < 4.78 is 35.5. The number of rotatable bonds is 6. The van der Waals surface area contributed by atoms with Crippen molar-refractivity contribution in [3.05, 3.63) is 0 Å². The van der Waals surface area contributed by atoms with Gasteiger partial charge in [-0.3, -0.25) is 4.79 Å². The van der Waals surface area contributed by atoms with Gasteiger partial charge in [0.05, 0.1) is 0 Å². The molecule has 15 heavy (non-hydrogen) atoms. The molecule has 2 N–H and O–H groups in total. The van der Waals surface area contributed by atoms with Crippen molar-refractivity contribution in [1.82, 2.24) is 5.32 Å². The normalized spacial score (nSPS) is 16.1. The first-order chi connectivity index (χ1) is 6.71. The van der Waals surface area contributed by atoms with Crippen LogP contribution in [0.3, 0.4) is 0 Å². The number of hydrogen-bond acceptors (Lipinski definition) is 2. The SMILES string of the molecule is CCNC(C)(CCCC(F)(F)F)C(=O)O. The van der Waals surface area contributed by atoms with Gasteiger partial charge in [-0.1, -0.05) is 6.92 Å². The number of nitrogens with one attached hydrogen (secondary N) is 1. The van der Waals surface area contributed by atoms with Crippen LogP contribution in [0.2, 0.25) is 0 Å². The molecule has 0 aliphatic carbocycles. The summed E-state index contributed by atoms with van der Waals surface area (Å²) in [6, 6.07) is 0. The van der Waals surface area contributed by atoms with Gasteiger partial charge >= 0.3 is 12.1 Å². The van der Waals surface area contributed by atoms with Gasteiger partial charge in [-0.25, -0.2) is 0 Å². The number of carboxylic acid groups (broad SMARTS) is 1. The van der Waals surface area contributed by atoms with Crippen LogP contribution in [0, 0.1) is 0 Å². The molecule has 6 heteroatoms. The van der Waals surface area contributed by atoms with Crippen LogP contribution < -0.4 is 5.32 Å². The van der Waals surface area contributed by atoms with Crippen LogP contribution in [0.4, 0.5) is 13.2 Å². The number of aliphatic carboxylic acids is 1. The standard InChI is InChI=1S/C9H16F3NO2/c1-3-13-8(2,7(14)15)5-4-6-9(10,11)12/h13H,3-6H2,1-2H3,(H,14,15). The third-order valence-electron chi connectivity index (χ3n) is 2.18. The third kappa shape index (κ3) is 5.61. The third-order valence-corrected chi connectivity index (χ3v) is 2.18. The van der Waals surface area contributed by atoms with E-state index in [9.17, 15) is 18.0 Å². The smallest absolute Gasteiger partial charge is 0.389 e. The van der Waals surface area contributed by atoms with Crippen LogP contribution in [0.15, 0.2) is 0 Å². The van der Waals surface area contributed by atoms with Crippen LogP contribution in [0.25, 0.3) is 0 Å². The summed E-state index contributed by atoms with van der Waals surface area (Å²) in [5, 5.41) is 11.5. The molecule has 0 aliphatic heterocycles. The molecule has 0 saturated carbocycles. The van der Waals surface area contributed by atoms with Crippen molar-refractivity contribution >= 4 is 5.97 Å². The van der Waals surface area contributed by atoms with Crippen LogP contribution in [-0.2, 0) is 4.79 Å². The highest BCUT2D eigenvalue weighted by atomic mass is 19.4. The fraction of sp³-hybridized carbons (Fsp3) is 0.889. The van der Waals surface area contributed by atoms with Crippen molar-refractivity contribution in [2.24, 2.45) is 0 Å². The first kappa shape index (κ1) is 14.2. The molecule has 0 amide bonds. The Balaban J connectivity index is 4.14. The lowest BCUT2D eigenvalue weighted by atomic mass is 9.95. The molecule has 0 spiro atoms. The monoisotopic (exact) mass is 227 g/mol. The van der Waals surface area contributed by atoms with Gasteiger partial charge in [0.25, 0.3) is 0 Å². The minimum Gasteiger partial charge on any atom is -0.480 e. The zero-order valence-corrected chi connectivity index (χ0v) is 8.82. The number of carbonyl (C=O) groups is 1. The molecular weight excluding hydrogens is 211 g/mol. The Labute approximate surface area is 86.7 Å². The average Bonchev–Trinajstić information content (AvgIpc) is 2.01. The Kier molecular flexibility index (Phi) is 5.07. The predicted molar refractivity (Wildman–Crippen MR) is 49.6 cm³/mol. The Morgan fingerprint density at radius 1 is 1.33 bits per heavy atom. The molecular formula is C9H16F3NO2. The molecule has 0 rings (SSSR count). The summed E-state index contributed by atoms with van der Waals surface area (Å²) in [7, 11) is 0. The molecule has 0 aromatic carbocycles. The van der Waals surface area contributed by atoms with E-state index in [1.165, 1.54) is 6.92 Å². The summed E-state index contributed by atoms with van der Waals surface area (Å²) in [5.41, 5.74) is -1.26. The van der Waals surface area contributed by atoms with Crippen LogP contribution in [0.1, 0.15) is 33.1 Å². The molecule has 1 unspecified atom stereocenters. The Hall–Kier alpha value is -0.780. The fourth-order valence-electron chi connectivity index (χ4n) is 1.30. The fourth-order valence-corrected chi connectivity index (χ4v) is 1.30. The molecule has 1 atom stereocenters. The molecule has 0 fully saturated rings. The van der Waals surface area contributed by atoms with E-state index in [0.29, 0.717) is 6.54 Å². The van der Waals surface area contributed by atoms with E-state index in [2.05, 4.69) is 5.32 Å². The summed E-state index contributed by atoms with van der Waals surface area (Å²) in [4.78, 5) is 10.8. The van der Waals surface area contributed by atoms with Gasteiger partial charge in [0.2, 0.25) is 0 Å². The minimum atomic E-state index is -4.22. The summed E-state index contributed by atoms with van der Waals surface area (Å²) in [6.45, 7) is 3.52. The molecule has 0 aromatic rings. The maximum atomic E-state index is 11.8. The Bertz CT molecular complexity index is 218. The Morgan fingerprint density at radius 3 is 2.20 bits per heavy atom. The quantitative estimate of drug-likeness (QED) is 0.731. The summed E-state index contributed by atoms with van der Waals surface area (Å²) >= 11 is 0. The van der Waals surface area contributed by atoms with E-state index in [0.717, 1.165) is 0 Å². The summed E-state index contributed by atoms with van der Waals surface area (Å²) in [6.07, 6.45) is -5.37. The highest BCUT2D eigenvalue weighted by molar-refractivity contribution is 5.78. The second-order valence-electron chi connectivity index (χ2n) is 3.64. The van der Waals surface area contributed by atoms with Crippen molar-refractivity contribution < 1.29 is 23.1 Å². The summed E-state index contributed by atoms with van der Waals surface area (Å²) in [5.74, 6) is -1.12. The number of alkyl halides is 3. The van der Waals surface area contributed by atoms with Crippen LogP contribution in [-0.4, -0.2) is 29.3 Å². The number of carboxylic acids is 1. The first-order valence-corrected chi connectivity index (χ1v) is 4.76. The highest BCUT2D eigenvalue weighted by Crippen LogP contribution is 2.25. The molecule has 0 aromatic heterocycles. The second-order valence-corrected chi connectivity index (χ2v) is 3.64. The zero-order valence-electron chi connectivity index (χ0n) is 8.82. The van der Waals surface area contributed by atoms with Crippen LogP contribution in [0.5, 0.6) is 0 Å². The van der Waals surface area contributed by atoms with E-state index in [1.54, 1.807) is 6.92 Å². The lowest BCUT2D eigenvalue weighted by molar-refractivity contribution is -0.147. The van der Waals surface area contributed by atoms with E-state index < -0.39 is 24.1 Å². The van der Waals surface area contributed by atoms with Gasteiger partial charge in [0.1, 0.15) is 5.54 Å². The topological polar surface area (TPSA) is 49.3 Å². The van der Waals surface area contributed by atoms with E-state index >= 15 is 0 Å². The predicted octanol–water partition coefficient (Wildman–Crippen LogP) is 2.17. The maximum Gasteiger partial charge on any atom is 0.389 e. The molecule has 90 valence electrons. The first-order valence-electron chi connectivity index (χ1n) is 4.76. The lowest BCUT2D eigenvalue weighted by Gasteiger charge is -2.25. The zero-order chi connectivity index (χ0) is 12.1.